The molecule has 0 bridgehead atoms. The van der Waals surface area contributed by atoms with Gasteiger partial charge in [-0.2, -0.15) is 0 Å². The second-order valence-corrected chi connectivity index (χ2v) is 6.47. The summed E-state index contributed by atoms with van der Waals surface area (Å²) in [5, 5.41) is 10.6. The van der Waals surface area contributed by atoms with Crippen LogP contribution in [0.2, 0.25) is 0 Å². The molecule has 1 aliphatic heterocycles. The number of nitrogens with zero attached hydrogens (tertiary/aromatic N) is 1. The van der Waals surface area contributed by atoms with Crippen LogP contribution in [0, 0.1) is 5.41 Å². The molecule has 4 rings (SSSR count). The molecule has 132 valence electrons. The number of hydrogen-bond donors (Lipinski definition) is 2. The Morgan fingerprint density at radius 1 is 1.35 bits per heavy atom. The lowest BCUT2D eigenvalue weighted by Crippen LogP contribution is -2.46. The number of cyclic esters (lactones) is 1. The lowest BCUT2D eigenvalue weighted by Gasteiger charge is -2.36. The molecule has 2 atom stereocenters. The number of carbonyl (C=O) groups is 2. The molecular formula is C19H16N2O5. The standard InChI is InChI=1S/C19H16N2O5/c1-10-14(16-20-7-8-21-16)19(2,17(22)23)18(24)26-15(10)13-9-11-5-3-4-6-12(11)25-13/h3-9,14H,1-2H3,(H,20,21)(H,22,23). The van der Waals surface area contributed by atoms with Crippen LogP contribution in [0.15, 0.2) is 52.7 Å². The summed E-state index contributed by atoms with van der Waals surface area (Å²) >= 11 is 0. The third-order valence-corrected chi connectivity index (χ3v) is 4.87. The maximum Gasteiger partial charge on any atom is 0.329 e. The van der Waals surface area contributed by atoms with Crippen LogP contribution in [0.3, 0.4) is 0 Å². The number of benzene rings is 1. The number of fused-ring (bicyclic) bond motifs is 1. The summed E-state index contributed by atoms with van der Waals surface area (Å²) in [5.41, 5.74) is -0.583. The number of imidazole rings is 1. The number of ether oxygens (including phenoxy) is 1. The summed E-state index contributed by atoms with van der Waals surface area (Å²) in [5.74, 6) is -1.94. The fourth-order valence-corrected chi connectivity index (χ4v) is 3.42. The molecule has 0 saturated heterocycles. The zero-order valence-electron chi connectivity index (χ0n) is 14.1. The zero-order valence-corrected chi connectivity index (χ0v) is 14.1. The van der Waals surface area contributed by atoms with Gasteiger partial charge in [-0.15, -0.1) is 0 Å². The Kier molecular flexibility index (Phi) is 3.47. The highest BCUT2D eigenvalue weighted by molar-refractivity contribution is 6.04. The van der Waals surface area contributed by atoms with Crippen LogP contribution in [-0.4, -0.2) is 27.0 Å². The number of aliphatic carboxylic acids is 1. The molecule has 26 heavy (non-hydrogen) atoms. The van der Waals surface area contributed by atoms with Crippen molar-refractivity contribution in [3.8, 4) is 0 Å². The van der Waals surface area contributed by atoms with Gasteiger partial charge >= 0.3 is 11.9 Å². The van der Waals surface area contributed by atoms with Gasteiger partial charge in [-0.1, -0.05) is 18.2 Å². The van der Waals surface area contributed by atoms with Gasteiger partial charge in [-0.25, -0.2) is 4.98 Å². The summed E-state index contributed by atoms with van der Waals surface area (Å²) in [6.45, 7) is 3.08. The van der Waals surface area contributed by atoms with E-state index in [4.69, 9.17) is 9.15 Å². The molecule has 0 fully saturated rings. The molecule has 0 spiro atoms. The van der Waals surface area contributed by atoms with E-state index in [9.17, 15) is 14.7 Å². The van der Waals surface area contributed by atoms with Crippen molar-refractivity contribution in [1.82, 2.24) is 9.97 Å². The van der Waals surface area contributed by atoms with Crippen molar-refractivity contribution in [2.75, 3.05) is 0 Å². The molecule has 7 heteroatoms. The Labute approximate surface area is 148 Å². The Morgan fingerprint density at radius 2 is 2.12 bits per heavy atom. The lowest BCUT2D eigenvalue weighted by molar-refractivity contribution is -0.165. The number of esters is 1. The third-order valence-electron chi connectivity index (χ3n) is 4.87. The van der Waals surface area contributed by atoms with Crippen LogP contribution in [0.25, 0.3) is 16.7 Å². The predicted molar refractivity (Wildman–Crippen MR) is 92.0 cm³/mol. The molecule has 2 unspecified atom stereocenters. The van der Waals surface area contributed by atoms with Crippen LogP contribution < -0.4 is 0 Å². The first-order chi connectivity index (χ1) is 12.4. The first-order valence-electron chi connectivity index (χ1n) is 8.07. The Morgan fingerprint density at radius 3 is 2.77 bits per heavy atom. The van der Waals surface area contributed by atoms with Gasteiger partial charge in [0.25, 0.3) is 0 Å². The smallest absolute Gasteiger partial charge is 0.329 e. The van der Waals surface area contributed by atoms with Crippen LogP contribution in [0.1, 0.15) is 31.4 Å². The number of allylic oxidation sites excluding steroid dienone is 1. The topological polar surface area (TPSA) is 105 Å². The number of carboxylic acid groups (broad SMARTS) is 1. The number of hydrogen-bond acceptors (Lipinski definition) is 5. The van der Waals surface area contributed by atoms with Gasteiger partial charge in [0.2, 0.25) is 0 Å². The molecule has 2 aromatic heterocycles. The van der Waals surface area contributed by atoms with Gasteiger partial charge in [-0.05, 0) is 31.6 Å². The Bertz CT molecular complexity index is 1010. The van der Waals surface area contributed by atoms with E-state index in [0.717, 1.165) is 5.39 Å². The van der Waals surface area contributed by atoms with Gasteiger partial charge in [-0.3, -0.25) is 9.59 Å². The number of aromatic nitrogens is 2. The molecule has 0 radical (unpaired) electrons. The zero-order chi connectivity index (χ0) is 18.5. The predicted octanol–water partition coefficient (Wildman–Crippen LogP) is 3.32. The molecule has 2 N–H and O–H groups in total. The minimum Gasteiger partial charge on any atom is -0.480 e. The number of para-hydroxylation sites is 1. The Hall–Kier alpha value is -3.35. The number of carbonyl (C=O) groups excluding carboxylic acids is 1. The minimum absolute atomic E-state index is 0.228. The third kappa shape index (κ3) is 2.17. The van der Waals surface area contributed by atoms with Crippen molar-refractivity contribution in [2.45, 2.75) is 19.8 Å². The highest BCUT2D eigenvalue weighted by Crippen LogP contribution is 2.48. The largest absolute Gasteiger partial charge is 0.480 e. The van der Waals surface area contributed by atoms with E-state index in [0.29, 0.717) is 22.7 Å². The monoisotopic (exact) mass is 352 g/mol. The van der Waals surface area contributed by atoms with Crippen molar-refractivity contribution >= 4 is 28.7 Å². The normalized spacial score (nSPS) is 23.3. The second-order valence-electron chi connectivity index (χ2n) is 6.47. The van der Waals surface area contributed by atoms with E-state index in [-0.39, 0.29) is 5.76 Å². The first-order valence-corrected chi connectivity index (χ1v) is 8.07. The maximum absolute atomic E-state index is 12.7. The van der Waals surface area contributed by atoms with Crippen LogP contribution in [0.4, 0.5) is 0 Å². The van der Waals surface area contributed by atoms with Gasteiger partial charge in [0, 0.05) is 17.8 Å². The van der Waals surface area contributed by atoms with Gasteiger partial charge in [0.15, 0.2) is 16.9 Å². The quantitative estimate of drug-likeness (QED) is 0.553. The number of H-pyrrole nitrogens is 1. The minimum atomic E-state index is -1.79. The first kappa shape index (κ1) is 16.1. The van der Waals surface area contributed by atoms with Crippen molar-refractivity contribution in [1.29, 1.82) is 0 Å². The van der Waals surface area contributed by atoms with E-state index >= 15 is 0 Å². The number of nitrogens with one attached hydrogen (secondary N) is 1. The van der Waals surface area contributed by atoms with E-state index < -0.39 is 23.3 Å². The van der Waals surface area contributed by atoms with E-state index in [1.165, 1.54) is 13.1 Å². The second kappa shape index (κ2) is 5.59. The maximum atomic E-state index is 12.7. The number of aromatic amines is 1. The fraction of sp³-hybridized carbons (Fsp3) is 0.211. The highest BCUT2D eigenvalue weighted by Gasteiger charge is 2.56. The average molecular weight is 352 g/mol. The molecule has 1 aliphatic rings. The molecule has 1 aromatic carbocycles. The molecule has 0 amide bonds. The number of rotatable bonds is 3. The SMILES string of the molecule is CC1=C(c2cc3ccccc3o2)OC(=O)C(C)(C(=O)O)C1c1ncc[nH]1. The Balaban J connectivity index is 1.93. The van der Waals surface area contributed by atoms with Gasteiger partial charge < -0.3 is 19.2 Å². The van der Waals surface area contributed by atoms with E-state index in [1.54, 1.807) is 19.2 Å². The summed E-state index contributed by atoms with van der Waals surface area (Å²) in [6, 6.07) is 9.18. The summed E-state index contributed by atoms with van der Waals surface area (Å²) < 4.78 is 11.3. The van der Waals surface area contributed by atoms with Crippen molar-refractivity contribution < 1.29 is 23.8 Å². The summed E-state index contributed by atoms with van der Waals surface area (Å²) in [7, 11) is 0. The van der Waals surface area contributed by atoms with Crippen LogP contribution in [-0.2, 0) is 14.3 Å². The fourth-order valence-electron chi connectivity index (χ4n) is 3.42. The van der Waals surface area contributed by atoms with Crippen molar-refractivity contribution in [3.63, 3.8) is 0 Å². The van der Waals surface area contributed by atoms with Crippen LogP contribution >= 0.6 is 0 Å². The van der Waals surface area contributed by atoms with Crippen molar-refractivity contribution in [3.05, 3.63) is 59.9 Å². The van der Waals surface area contributed by atoms with Crippen LogP contribution in [0.5, 0.6) is 0 Å². The average Bonchev–Trinajstić information content (AvgIpc) is 3.27. The van der Waals surface area contributed by atoms with Gasteiger partial charge in [0.05, 0.1) is 5.92 Å². The summed E-state index contributed by atoms with van der Waals surface area (Å²) in [4.78, 5) is 31.7. The summed E-state index contributed by atoms with van der Waals surface area (Å²) in [6.07, 6.45) is 3.11. The molecule has 7 nitrogen and oxygen atoms in total. The molecular weight excluding hydrogens is 336 g/mol. The van der Waals surface area contributed by atoms with E-state index in [1.807, 2.05) is 24.3 Å². The molecule has 3 heterocycles. The molecule has 0 saturated carbocycles. The number of carboxylic acids is 1. The highest BCUT2D eigenvalue weighted by atomic mass is 16.6. The van der Waals surface area contributed by atoms with E-state index in [2.05, 4.69) is 9.97 Å². The molecule has 3 aromatic rings. The van der Waals surface area contributed by atoms with Gasteiger partial charge in [0.1, 0.15) is 11.4 Å². The van der Waals surface area contributed by atoms with Crippen molar-refractivity contribution in [2.24, 2.45) is 5.41 Å². The molecule has 0 aliphatic carbocycles. The number of furan rings is 1. The lowest BCUT2D eigenvalue weighted by atomic mass is 9.71.